The second kappa shape index (κ2) is 3.69. The first-order chi connectivity index (χ1) is 5.65. The van der Waals surface area contributed by atoms with Crippen LogP contribution in [0.25, 0.3) is 0 Å². The van der Waals surface area contributed by atoms with Crippen molar-refractivity contribution in [1.82, 2.24) is 9.97 Å². The number of halogens is 1. The fraction of sp³-hybridized carbons (Fsp3) is 0.429. The quantitative estimate of drug-likeness (QED) is 0.706. The van der Waals surface area contributed by atoms with Gasteiger partial charge in [0.05, 0.1) is 12.3 Å². The second-order valence-corrected chi connectivity index (χ2v) is 2.74. The minimum atomic E-state index is 0.178. The van der Waals surface area contributed by atoms with Crippen molar-refractivity contribution in [3.05, 3.63) is 16.4 Å². The lowest BCUT2D eigenvalue weighted by atomic mass is 10.3. The monoisotopic (exact) mass is 187 g/mol. The molecule has 0 aliphatic carbocycles. The fourth-order valence-electron chi connectivity index (χ4n) is 0.828. The molecule has 1 aromatic heterocycles. The molecular formula is C7H10ClN3O. The normalized spacial score (nSPS) is 10.2. The molecule has 0 spiro atoms. The van der Waals surface area contributed by atoms with Gasteiger partial charge in [0.2, 0.25) is 5.95 Å². The maximum atomic E-state index is 5.77. The van der Waals surface area contributed by atoms with E-state index in [1.54, 1.807) is 7.11 Å². The largest absolute Gasteiger partial charge is 0.378 e. The summed E-state index contributed by atoms with van der Waals surface area (Å²) in [6.07, 6.45) is 0. The Balaban J connectivity index is 3.09. The molecule has 0 fully saturated rings. The van der Waals surface area contributed by atoms with E-state index in [1.165, 1.54) is 0 Å². The molecule has 0 saturated heterocycles. The molecule has 0 bridgehead atoms. The summed E-state index contributed by atoms with van der Waals surface area (Å²) in [5, 5.41) is 0.384. The SMILES string of the molecule is COCc1nc(N)nc(Cl)c1C. The van der Waals surface area contributed by atoms with Crippen LogP contribution in [0.5, 0.6) is 0 Å². The zero-order valence-electron chi connectivity index (χ0n) is 6.97. The maximum absolute atomic E-state index is 5.77. The molecule has 0 radical (unpaired) electrons. The summed E-state index contributed by atoms with van der Waals surface area (Å²) in [5.74, 6) is 0.178. The molecule has 66 valence electrons. The van der Waals surface area contributed by atoms with E-state index in [1.807, 2.05) is 6.92 Å². The van der Waals surface area contributed by atoms with Crippen LogP contribution in [0.2, 0.25) is 5.15 Å². The van der Waals surface area contributed by atoms with E-state index < -0.39 is 0 Å². The molecule has 12 heavy (non-hydrogen) atoms. The predicted molar refractivity (Wildman–Crippen MR) is 46.9 cm³/mol. The highest BCUT2D eigenvalue weighted by molar-refractivity contribution is 6.30. The van der Waals surface area contributed by atoms with Crippen molar-refractivity contribution in [1.29, 1.82) is 0 Å². The predicted octanol–water partition coefficient (Wildman–Crippen LogP) is 1.17. The van der Waals surface area contributed by atoms with Gasteiger partial charge in [0.15, 0.2) is 0 Å². The Labute approximate surface area is 75.7 Å². The molecule has 0 aliphatic rings. The summed E-state index contributed by atoms with van der Waals surface area (Å²) in [5.41, 5.74) is 6.94. The average Bonchev–Trinajstić information content (AvgIpc) is 2.00. The Hall–Kier alpha value is -0.870. The summed E-state index contributed by atoms with van der Waals surface area (Å²) >= 11 is 5.77. The Bertz CT molecular complexity index is 290. The zero-order chi connectivity index (χ0) is 9.14. The molecule has 0 saturated carbocycles. The Kier molecular flexibility index (Phi) is 2.83. The number of hydrogen-bond donors (Lipinski definition) is 1. The number of nitrogens with two attached hydrogens (primary N) is 1. The Morgan fingerprint density at radius 3 is 2.75 bits per heavy atom. The minimum absolute atomic E-state index is 0.178. The maximum Gasteiger partial charge on any atom is 0.221 e. The first kappa shape index (κ1) is 9.22. The lowest BCUT2D eigenvalue weighted by molar-refractivity contribution is 0.181. The number of anilines is 1. The topological polar surface area (TPSA) is 61.0 Å². The summed E-state index contributed by atoms with van der Waals surface area (Å²) in [4.78, 5) is 7.77. The molecule has 0 unspecified atom stereocenters. The minimum Gasteiger partial charge on any atom is -0.378 e. The summed E-state index contributed by atoms with van der Waals surface area (Å²) in [7, 11) is 1.59. The van der Waals surface area contributed by atoms with Crippen LogP contribution < -0.4 is 5.73 Å². The number of ether oxygens (including phenoxy) is 1. The highest BCUT2D eigenvalue weighted by atomic mass is 35.5. The van der Waals surface area contributed by atoms with Gasteiger partial charge in [0.1, 0.15) is 5.15 Å². The number of nitrogens with zero attached hydrogens (tertiary/aromatic N) is 2. The van der Waals surface area contributed by atoms with Crippen molar-refractivity contribution in [2.45, 2.75) is 13.5 Å². The van der Waals surface area contributed by atoms with Crippen LogP contribution in [0.1, 0.15) is 11.3 Å². The van der Waals surface area contributed by atoms with E-state index in [0.717, 1.165) is 11.3 Å². The van der Waals surface area contributed by atoms with E-state index in [2.05, 4.69) is 9.97 Å². The molecule has 1 aromatic rings. The van der Waals surface area contributed by atoms with Crippen LogP contribution >= 0.6 is 11.6 Å². The van der Waals surface area contributed by atoms with Crippen LogP contribution in [0, 0.1) is 6.92 Å². The van der Waals surface area contributed by atoms with Gasteiger partial charge in [-0.15, -0.1) is 0 Å². The molecule has 4 nitrogen and oxygen atoms in total. The molecule has 0 atom stereocenters. The number of hydrogen-bond acceptors (Lipinski definition) is 4. The van der Waals surface area contributed by atoms with Crippen molar-refractivity contribution in [2.24, 2.45) is 0 Å². The molecule has 1 heterocycles. The van der Waals surface area contributed by atoms with Gasteiger partial charge in [0.25, 0.3) is 0 Å². The standard InChI is InChI=1S/C7H10ClN3O/c1-4-5(3-12-2)10-7(9)11-6(4)8/h3H2,1-2H3,(H2,9,10,11). The Morgan fingerprint density at radius 2 is 2.17 bits per heavy atom. The Morgan fingerprint density at radius 1 is 1.50 bits per heavy atom. The van der Waals surface area contributed by atoms with Crippen molar-refractivity contribution < 1.29 is 4.74 Å². The van der Waals surface area contributed by atoms with Crippen LogP contribution in [-0.2, 0) is 11.3 Å². The lowest BCUT2D eigenvalue weighted by Gasteiger charge is -2.05. The third kappa shape index (κ3) is 1.84. The molecule has 0 aromatic carbocycles. The van der Waals surface area contributed by atoms with Gasteiger partial charge < -0.3 is 10.5 Å². The lowest BCUT2D eigenvalue weighted by Crippen LogP contribution is -2.03. The van der Waals surface area contributed by atoms with Crippen LogP contribution in [0.4, 0.5) is 5.95 Å². The van der Waals surface area contributed by atoms with Crippen molar-refractivity contribution in [3.8, 4) is 0 Å². The summed E-state index contributed by atoms with van der Waals surface area (Å²) in [6, 6.07) is 0. The number of aromatic nitrogens is 2. The molecule has 2 N–H and O–H groups in total. The van der Waals surface area contributed by atoms with Crippen LogP contribution in [0.3, 0.4) is 0 Å². The van der Waals surface area contributed by atoms with E-state index >= 15 is 0 Å². The molecule has 1 rings (SSSR count). The molecule has 0 aliphatic heterocycles. The van der Waals surface area contributed by atoms with Crippen LogP contribution in [-0.4, -0.2) is 17.1 Å². The van der Waals surface area contributed by atoms with Gasteiger partial charge in [-0.25, -0.2) is 9.97 Å². The van der Waals surface area contributed by atoms with Crippen molar-refractivity contribution >= 4 is 17.5 Å². The highest BCUT2D eigenvalue weighted by Crippen LogP contribution is 2.16. The van der Waals surface area contributed by atoms with E-state index in [0.29, 0.717) is 11.8 Å². The number of methoxy groups -OCH3 is 1. The molecule has 5 heteroatoms. The zero-order valence-corrected chi connectivity index (χ0v) is 7.72. The molecular weight excluding hydrogens is 178 g/mol. The smallest absolute Gasteiger partial charge is 0.221 e. The van der Waals surface area contributed by atoms with Gasteiger partial charge >= 0.3 is 0 Å². The number of rotatable bonds is 2. The van der Waals surface area contributed by atoms with Crippen LogP contribution in [0.15, 0.2) is 0 Å². The van der Waals surface area contributed by atoms with Crippen molar-refractivity contribution in [3.63, 3.8) is 0 Å². The molecule has 0 amide bonds. The van der Waals surface area contributed by atoms with Crippen molar-refractivity contribution in [2.75, 3.05) is 12.8 Å². The third-order valence-corrected chi connectivity index (χ3v) is 1.85. The van der Waals surface area contributed by atoms with E-state index in [-0.39, 0.29) is 5.95 Å². The first-order valence-corrected chi connectivity index (χ1v) is 3.80. The fourth-order valence-corrected chi connectivity index (χ4v) is 1.02. The average molecular weight is 188 g/mol. The van der Waals surface area contributed by atoms with Gasteiger partial charge in [-0.2, -0.15) is 0 Å². The number of nitrogen functional groups attached to an aromatic ring is 1. The highest BCUT2D eigenvalue weighted by Gasteiger charge is 2.06. The van der Waals surface area contributed by atoms with E-state index in [9.17, 15) is 0 Å². The second-order valence-electron chi connectivity index (χ2n) is 2.38. The van der Waals surface area contributed by atoms with Gasteiger partial charge in [0, 0.05) is 12.7 Å². The van der Waals surface area contributed by atoms with E-state index in [4.69, 9.17) is 22.1 Å². The summed E-state index contributed by atoms with van der Waals surface area (Å²) < 4.78 is 4.91. The van der Waals surface area contributed by atoms with Gasteiger partial charge in [-0.05, 0) is 6.92 Å². The third-order valence-electron chi connectivity index (χ3n) is 1.49. The van der Waals surface area contributed by atoms with Gasteiger partial charge in [-0.3, -0.25) is 0 Å². The summed E-state index contributed by atoms with van der Waals surface area (Å²) in [6.45, 7) is 2.23. The first-order valence-electron chi connectivity index (χ1n) is 3.42. The van der Waals surface area contributed by atoms with Gasteiger partial charge in [-0.1, -0.05) is 11.6 Å².